The Morgan fingerprint density at radius 1 is 1.08 bits per heavy atom. The predicted octanol–water partition coefficient (Wildman–Crippen LogP) is 1.01. The van der Waals surface area contributed by atoms with Gasteiger partial charge in [0.25, 0.3) is 5.91 Å². The van der Waals surface area contributed by atoms with Crippen LogP contribution in [-0.4, -0.2) is 33.0 Å². The van der Waals surface area contributed by atoms with E-state index in [0.29, 0.717) is 24.2 Å². The molecule has 1 aliphatic heterocycles. The van der Waals surface area contributed by atoms with E-state index in [9.17, 15) is 18.0 Å². The topological polar surface area (TPSA) is 95.6 Å². The van der Waals surface area contributed by atoms with Gasteiger partial charge in [-0.3, -0.25) is 24.7 Å². The van der Waals surface area contributed by atoms with Crippen LogP contribution in [-0.2, 0) is 27.7 Å². The van der Waals surface area contributed by atoms with Crippen molar-refractivity contribution in [2.45, 2.75) is 12.8 Å². The number of hydrogen-bond donors (Lipinski definition) is 2. The molecule has 1 aliphatic rings. The molecule has 0 spiro atoms. The smallest absolute Gasteiger partial charge is 0.269 e. The quantitative estimate of drug-likeness (QED) is 0.782. The fraction of sp³-hybridized carbons (Fsp3) is 0.222. The van der Waals surface area contributed by atoms with Gasteiger partial charge in [0.15, 0.2) is 0 Å². The van der Waals surface area contributed by atoms with Crippen LogP contribution in [0.2, 0.25) is 0 Å². The van der Waals surface area contributed by atoms with E-state index in [0.717, 1.165) is 17.4 Å². The lowest BCUT2D eigenvalue weighted by Gasteiger charge is -2.16. The summed E-state index contributed by atoms with van der Waals surface area (Å²) in [4.78, 5) is 24.1. The second kappa shape index (κ2) is 7.17. The first-order valence-corrected chi connectivity index (χ1v) is 9.93. The summed E-state index contributed by atoms with van der Waals surface area (Å²) >= 11 is 0. The maximum Gasteiger partial charge on any atom is 0.269 e. The van der Waals surface area contributed by atoms with Gasteiger partial charge in [-0.05, 0) is 35.7 Å². The van der Waals surface area contributed by atoms with Crippen molar-refractivity contribution in [2.24, 2.45) is 0 Å². The van der Waals surface area contributed by atoms with Crippen molar-refractivity contribution < 1.29 is 18.0 Å². The first kappa shape index (κ1) is 17.9. The van der Waals surface area contributed by atoms with Gasteiger partial charge in [-0.15, -0.1) is 0 Å². The lowest BCUT2D eigenvalue weighted by molar-refractivity contribution is -0.121. The Kier molecular flexibility index (Phi) is 4.94. The molecule has 136 valence electrons. The van der Waals surface area contributed by atoms with Gasteiger partial charge in [0.2, 0.25) is 15.9 Å². The zero-order valence-corrected chi connectivity index (χ0v) is 15.0. The molecule has 0 radical (unpaired) electrons. The fourth-order valence-electron chi connectivity index (χ4n) is 2.88. The molecule has 0 saturated carbocycles. The van der Waals surface area contributed by atoms with Crippen molar-refractivity contribution in [3.63, 3.8) is 0 Å². The first-order chi connectivity index (χ1) is 12.3. The minimum atomic E-state index is -3.32. The van der Waals surface area contributed by atoms with E-state index in [2.05, 4.69) is 10.9 Å². The summed E-state index contributed by atoms with van der Waals surface area (Å²) < 4.78 is 24.8. The van der Waals surface area contributed by atoms with E-state index in [1.54, 1.807) is 18.2 Å². The average molecular weight is 373 g/mol. The van der Waals surface area contributed by atoms with Gasteiger partial charge < -0.3 is 0 Å². The standard InChI is InChI=1S/C18H19N3O4S/c1-26(24,25)21-10-9-14-12-15(7-8-16(14)21)18(23)20-19-17(22)11-13-5-3-2-4-6-13/h2-8,12H,9-11H2,1H3,(H,19,22)(H,20,23). The Morgan fingerprint density at radius 3 is 2.50 bits per heavy atom. The molecule has 2 N–H and O–H groups in total. The second-order valence-corrected chi connectivity index (χ2v) is 8.00. The molecule has 3 rings (SSSR count). The molecule has 2 amide bonds. The minimum Gasteiger partial charge on any atom is -0.273 e. The number of hydrazine groups is 1. The van der Waals surface area contributed by atoms with Crippen LogP contribution in [0.1, 0.15) is 21.5 Å². The molecular weight excluding hydrogens is 354 g/mol. The molecule has 0 unspecified atom stereocenters. The number of carbonyl (C=O) groups excluding carboxylic acids is 2. The van der Waals surface area contributed by atoms with Crippen molar-refractivity contribution in [1.29, 1.82) is 0 Å². The predicted molar refractivity (Wildman–Crippen MR) is 98.1 cm³/mol. The van der Waals surface area contributed by atoms with Gasteiger partial charge in [0.1, 0.15) is 0 Å². The monoisotopic (exact) mass is 373 g/mol. The number of sulfonamides is 1. The number of nitrogens with one attached hydrogen (secondary N) is 2. The van der Waals surface area contributed by atoms with Gasteiger partial charge in [0.05, 0.1) is 18.4 Å². The van der Waals surface area contributed by atoms with Crippen molar-refractivity contribution in [3.8, 4) is 0 Å². The average Bonchev–Trinajstić information content (AvgIpc) is 3.04. The molecule has 0 aliphatic carbocycles. The Bertz CT molecular complexity index is 942. The number of nitrogens with zero attached hydrogens (tertiary/aromatic N) is 1. The van der Waals surface area contributed by atoms with Crippen molar-refractivity contribution in [3.05, 3.63) is 65.2 Å². The van der Waals surface area contributed by atoms with Gasteiger partial charge in [0, 0.05) is 12.1 Å². The van der Waals surface area contributed by atoms with E-state index in [4.69, 9.17) is 0 Å². The largest absolute Gasteiger partial charge is 0.273 e. The lowest BCUT2D eigenvalue weighted by Crippen LogP contribution is -2.42. The zero-order valence-electron chi connectivity index (χ0n) is 14.2. The summed E-state index contributed by atoms with van der Waals surface area (Å²) in [5.41, 5.74) is 7.36. The number of anilines is 1. The van der Waals surface area contributed by atoms with Crippen LogP contribution in [0, 0.1) is 0 Å². The van der Waals surface area contributed by atoms with Crippen LogP contribution in [0.3, 0.4) is 0 Å². The van der Waals surface area contributed by atoms with Crippen LogP contribution in [0.4, 0.5) is 5.69 Å². The number of benzene rings is 2. The van der Waals surface area contributed by atoms with Gasteiger partial charge >= 0.3 is 0 Å². The molecule has 8 heteroatoms. The van der Waals surface area contributed by atoms with E-state index in [1.165, 1.54) is 4.31 Å². The molecule has 26 heavy (non-hydrogen) atoms. The number of carbonyl (C=O) groups is 2. The Balaban J connectivity index is 1.62. The molecule has 0 fully saturated rings. The first-order valence-electron chi connectivity index (χ1n) is 8.08. The van der Waals surface area contributed by atoms with Crippen LogP contribution in [0.25, 0.3) is 0 Å². The summed E-state index contributed by atoms with van der Waals surface area (Å²) in [6, 6.07) is 14.0. The Morgan fingerprint density at radius 2 is 1.81 bits per heavy atom. The Hall–Kier alpha value is -2.87. The summed E-state index contributed by atoms with van der Waals surface area (Å²) in [5.74, 6) is -0.777. The zero-order chi connectivity index (χ0) is 18.7. The summed E-state index contributed by atoms with van der Waals surface area (Å²) in [5, 5.41) is 0. The lowest BCUT2D eigenvalue weighted by atomic mass is 10.1. The molecule has 0 atom stereocenters. The van der Waals surface area contributed by atoms with E-state index in [1.807, 2.05) is 30.3 Å². The van der Waals surface area contributed by atoms with Gasteiger partial charge in [-0.2, -0.15) is 0 Å². The maximum absolute atomic E-state index is 12.2. The number of hydrogen-bond acceptors (Lipinski definition) is 4. The maximum atomic E-state index is 12.2. The highest BCUT2D eigenvalue weighted by Gasteiger charge is 2.26. The molecule has 2 aromatic carbocycles. The molecule has 0 saturated heterocycles. The molecule has 2 aromatic rings. The second-order valence-electron chi connectivity index (χ2n) is 6.09. The van der Waals surface area contributed by atoms with Crippen LogP contribution < -0.4 is 15.2 Å². The highest BCUT2D eigenvalue weighted by atomic mass is 32.2. The molecule has 0 aromatic heterocycles. The molecule has 1 heterocycles. The number of rotatable bonds is 4. The van der Waals surface area contributed by atoms with Crippen molar-refractivity contribution >= 4 is 27.5 Å². The fourth-order valence-corrected chi connectivity index (χ4v) is 3.84. The normalized spacial score (nSPS) is 13.2. The molecular formula is C18H19N3O4S. The number of amides is 2. The summed E-state index contributed by atoms with van der Waals surface area (Å²) in [6.07, 6.45) is 1.86. The van der Waals surface area contributed by atoms with Crippen LogP contribution in [0.15, 0.2) is 48.5 Å². The van der Waals surface area contributed by atoms with Crippen molar-refractivity contribution in [1.82, 2.24) is 10.9 Å². The van der Waals surface area contributed by atoms with E-state index >= 15 is 0 Å². The van der Waals surface area contributed by atoms with Crippen LogP contribution >= 0.6 is 0 Å². The summed E-state index contributed by atoms with van der Waals surface area (Å²) in [6.45, 7) is 0.368. The van der Waals surface area contributed by atoms with Gasteiger partial charge in [-0.25, -0.2) is 8.42 Å². The molecule has 0 bridgehead atoms. The van der Waals surface area contributed by atoms with E-state index in [-0.39, 0.29) is 12.3 Å². The van der Waals surface area contributed by atoms with Gasteiger partial charge in [-0.1, -0.05) is 30.3 Å². The third-order valence-electron chi connectivity index (χ3n) is 4.12. The molecule has 7 nitrogen and oxygen atoms in total. The number of fused-ring (bicyclic) bond motifs is 1. The third-order valence-corrected chi connectivity index (χ3v) is 5.30. The minimum absolute atomic E-state index is 0.161. The SMILES string of the molecule is CS(=O)(=O)N1CCc2cc(C(=O)NNC(=O)Cc3ccccc3)ccc21. The van der Waals surface area contributed by atoms with E-state index < -0.39 is 15.9 Å². The van der Waals surface area contributed by atoms with Crippen LogP contribution in [0.5, 0.6) is 0 Å². The highest BCUT2D eigenvalue weighted by molar-refractivity contribution is 7.92. The third kappa shape index (κ3) is 4.02. The summed E-state index contributed by atoms with van der Waals surface area (Å²) in [7, 11) is -3.32. The highest BCUT2D eigenvalue weighted by Crippen LogP contribution is 2.30. The Labute approximate surface area is 152 Å². The van der Waals surface area contributed by atoms with Crippen molar-refractivity contribution in [2.75, 3.05) is 17.1 Å².